The normalized spacial score (nSPS) is 16.0. The highest BCUT2D eigenvalue weighted by atomic mass is 79.9. The van der Waals surface area contributed by atoms with E-state index in [4.69, 9.17) is 16.3 Å². The third-order valence-electron chi connectivity index (χ3n) is 4.49. The first-order chi connectivity index (χ1) is 14.8. The summed E-state index contributed by atoms with van der Waals surface area (Å²) in [6, 6.07) is 12.2. The third-order valence-corrected chi connectivity index (χ3v) is 6.63. The smallest absolute Gasteiger partial charge is 0.294 e. The van der Waals surface area contributed by atoms with Crippen molar-refractivity contribution in [2.45, 2.75) is 26.4 Å². The fourth-order valence-corrected chi connectivity index (χ4v) is 3.96. The predicted octanol–water partition coefficient (Wildman–Crippen LogP) is 5.95. The molecule has 6 nitrogen and oxygen atoms in total. The van der Waals surface area contributed by atoms with Crippen molar-refractivity contribution in [3.63, 3.8) is 0 Å². The average molecular weight is 524 g/mol. The molecule has 0 aromatic heterocycles. The molecule has 1 aliphatic heterocycles. The van der Waals surface area contributed by atoms with Crippen LogP contribution in [-0.2, 0) is 9.59 Å². The van der Waals surface area contributed by atoms with Crippen LogP contribution in [0.3, 0.4) is 0 Å². The van der Waals surface area contributed by atoms with E-state index in [2.05, 4.69) is 21.2 Å². The van der Waals surface area contributed by atoms with Crippen molar-refractivity contribution in [3.8, 4) is 5.75 Å². The third kappa shape index (κ3) is 5.90. The van der Waals surface area contributed by atoms with Crippen LogP contribution in [-0.4, -0.2) is 34.6 Å². The standard InChI is InChI=1S/C22H20BrClN2O4S/c1-3-13(2)30-18-7-5-4-6-14(18)10-19-21(28)26(22(29)31-19)12-20(27)25-15-8-9-16(23)17(24)11-15/h4-11,13H,3,12H2,1-2H3,(H,25,27)/b19-10+/t13-/m1/s1. The lowest BCUT2D eigenvalue weighted by Gasteiger charge is -2.15. The van der Waals surface area contributed by atoms with Crippen molar-refractivity contribution in [2.24, 2.45) is 0 Å². The van der Waals surface area contributed by atoms with Crippen LogP contribution < -0.4 is 10.1 Å². The van der Waals surface area contributed by atoms with Crippen LogP contribution in [0.5, 0.6) is 5.75 Å². The largest absolute Gasteiger partial charge is 0.490 e. The Balaban J connectivity index is 1.72. The van der Waals surface area contributed by atoms with Gasteiger partial charge in [-0.05, 0) is 71.4 Å². The molecule has 1 aliphatic rings. The van der Waals surface area contributed by atoms with Crippen LogP contribution in [0.1, 0.15) is 25.8 Å². The van der Waals surface area contributed by atoms with Crippen LogP contribution in [0, 0.1) is 0 Å². The first-order valence-electron chi connectivity index (χ1n) is 9.54. The summed E-state index contributed by atoms with van der Waals surface area (Å²) in [7, 11) is 0. The van der Waals surface area contributed by atoms with Crippen molar-refractivity contribution in [1.82, 2.24) is 4.90 Å². The maximum Gasteiger partial charge on any atom is 0.294 e. The number of hydrogen-bond acceptors (Lipinski definition) is 5. The van der Waals surface area contributed by atoms with Crippen LogP contribution in [0.15, 0.2) is 51.8 Å². The second kappa shape index (κ2) is 10.3. The summed E-state index contributed by atoms with van der Waals surface area (Å²) in [5.74, 6) is -0.381. The van der Waals surface area contributed by atoms with Gasteiger partial charge in [-0.2, -0.15) is 0 Å². The van der Waals surface area contributed by atoms with E-state index in [1.807, 2.05) is 38.1 Å². The zero-order valence-corrected chi connectivity index (χ0v) is 20.0. The molecule has 2 aromatic rings. The number of halogens is 2. The molecule has 0 saturated carbocycles. The van der Waals surface area contributed by atoms with E-state index in [0.29, 0.717) is 26.5 Å². The molecule has 31 heavy (non-hydrogen) atoms. The number of rotatable bonds is 7. The van der Waals surface area contributed by atoms with Crippen molar-refractivity contribution in [2.75, 3.05) is 11.9 Å². The highest BCUT2D eigenvalue weighted by molar-refractivity contribution is 9.10. The van der Waals surface area contributed by atoms with Gasteiger partial charge in [0.2, 0.25) is 5.91 Å². The molecular weight excluding hydrogens is 504 g/mol. The molecule has 1 saturated heterocycles. The molecule has 1 atom stereocenters. The fraction of sp³-hybridized carbons (Fsp3) is 0.227. The van der Waals surface area contributed by atoms with Crippen molar-refractivity contribution in [3.05, 3.63) is 62.4 Å². The Bertz CT molecular complexity index is 1060. The molecule has 1 heterocycles. The SMILES string of the molecule is CC[C@@H](C)Oc1ccccc1/C=C1/SC(=O)N(CC(=O)Nc2ccc(Br)c(Cl)c2)C1=O. The lowest BCUT2D eigenvalue weighted by atomic mass is 10.1. The molecule has 0 unspecified atom stereocenters. The van der Waals surface area contributed by atoms with E-state index in [1.165, 1.54) is 0 Å². The summed E-state index contributed by atoms with van der Waals surface area (Å²) in [5.41, 5.74) is 1.17. The minimum absolute atomic E-state index is 0.0143. The highest BCUT2D eigenvalue weighted by Gasteiger charge is 2.36. The molecule has 3 amide bonds. The molecule has 1 N–H and O–H groups in total. The van der Waals surface area contributed by atoms with E-state index in [9.17, 15) is 14.4 Å². The number of amides is 3. The van der Waals surface area contributed by atoms with Crippen LogP contribution >= 0.6 is 39.3 Å². The number of para-hydroxylation sites is 1. The number of ether oxygens (including phenoxy) is 1. The van der Waals surface area contributed by atoms with E-state index < -0.39 is 17.1 Å². The van der Waals surface area contributed by atoms with Crippen molar-refractivity contribution in [1.29, 1.82) is 0 Å². The average Bonchev–Trinajstić information content (AvgIpc) is 2.99. The van der Waals surface area contributed by atoms with Crippen molar-refractivity contribution >= 4 is 68.1 Å². The van der Waals surface area contributed by atoms with Gasteiger partial charge in [0.15, 0.2) is 0 Å². The topological polar surface area (TPSA) is 75.7 Å². The van der Waals surface area contributed by atoms with Gasteiger partial charge in [0.25, 0.3) is 11.1 Å². The zero-order chi connectivity index (χ0) is 22.5. The summed E-state index contributed by atoms with van der Waals surface area (Å²) in [6.07, 6.45) is 2.47. The van der Waals surface area contributed by atoms with Crippen LogP contribution in [0.2, 0.25) is 5.02 Å². The van der Waals surface area contributed by atoms with E-state index >= 15 is 0 Å². The molecule has 0 bridgehead atoms. The molecular formula is C22H20BrClN2O4S. The number of anilines is 1. The monoisotopic (exact) mass is 522 g/mol. The molecule has 1 fully saturated rings. The maximum absolute atomic E-state index is 12.8. The van der Waals surface area contributed by atoms with Gasteiger partial charge in [-0.15, -0.1) is 0 Å². The number of hydrogen-bond donors (Lipinski definition) is 1. The Morgan fingerprint density at radius 2 is 2.03 bits per heavy atom. The zero-order valence-electron chi connectivity index (χ0n) is 16.9. The van der Waals surface area contributed by atoms with Gasteiger partial charge in [0.05, 0.1) is 16.0 Å². The van der Waals surface area contributed by atoms with Crippen LogP contribution in [0.25, 0.3) is 6.08 Å². The highest BCUT2D eigenvalue weighted by Crippen LogP contribution is 2.34. The van der Waals surface area contributed by atoms with Gasteiger partial charge in [-0.1, -0.05) is 36.7 Å². The minimum Gasteiger partial charge on any atom is -0.490 e. The van der Waals surface area contributed by atoms with Gasteiger partial charge in [0.1, 0.15) is 12.3 Å². The lowest BCUT2D eigenvalue weighted by molar-refractivity contribution is -0.127. The Morgan fingerprint density at radius 1 is 1.29 bits per heavy atom. The second-order valence-electron chi connectivity index (χ2n) is 6.82. The summed E-state index contributed by atoms with van der Waals surface area (Å²) >= 11 is 10.1. The number of thioether (sulfide) groups is 1. The van der Waals surface area contributed by atoms with E-state index in [0.717, 1.165) is 23.1 Å². The summed E-state index contributed by atoms with van der Waals surface area (Å²) < 4.78 is 6.60. The number of nitrogens with one attached hydrogen (secondary N) is 1. The summed E-state index contributed by atoms with van der Waals surface area (Å²) in [6.45, 7) is 3.59. The van der Waals surface area contributed by atoms with Gasteiger partial charge < -0.3 is 10.1 Å². The fourth-order valence-electron chi connectivity index (χ4n) is 2.70. The Kier molecular flexibility index (Phi) is 7.80. The van der Waals surface area contributed by atoms with Gasteiger partial charge in [-0.3, -0.25) is 19.3 Å². The van der Waals surface area contributed by atoms with E-state index in [-0.39, 0.29) is 17.6 Å². The Hall–Kier alpha value is -2.29. The maximum atomic E-state index is 12.8. The van der Waals surface area contributed by atoms with Gasteiger partial charge in [0, 0.05) is 15.7 Å². The van der Waals surface area contributed by atoms with Gasteiger partial charge >= 0.3 is 0 Å². The predicted molar refractivity (Wildman–Crippen MR) is 127 cm³/mol. The number of nitrogens with zero attached hydrogens (tertiary/aromatic N) is 1. The number of benzene rings is 2. The summed E-state index contributed by atoms with van der Waals surface area (Å²) in [4.78, 5) is 38.7. The number of carbonyl (C=O) groups is 3. The van der Waals surface area contributed by atoms with Crippen molar-refractivity contribution < 1.29 is 19.1 Å². The van der Waals surface area contributed by atoms with Crippen LogP contribution in [0.4, 0.5) is 10.5 Å². The molecule has 3 rings (SSSR count). The number of imide groups is 1. The first-order valence-corrected chi connectivity index (χ1v) is 11.5. The molecule has 0 spiro atoms. The first kappa shape index (κ1) is 23.4. The quantitative estimate of drug-likeness (QED) is 0.454. The molecule has 0 radical (unpaired) electrons. The Labute approximate surface area is 198 Å². The lowest BCUT2D eigenvalue weighted by Crippen LogP contribution is -2.36. The van der Waals surface area contributed by atoms with E-state index in [1.54, 1.807) is 24.3 Å². The molecule has 2 aromatic carbocycles. The Morgan fingerprint density at radius 3 is 2.74 bits per heavy atom. The minimum atomic E-state index is -0.516. The van der Waals surface area contributed by atoms with Gasteiger partial charge in [-0.25, -0.2) is 0 Å². The second-order valence-corrected chi connectivity index (χ2v) is 9.07. The molecule has 9 heteroatoms. The molecule has 162 valence electrons. The number of carbonyl (C=O) groups excluding carboxylic acids is 3. The molecule has 0 aliphatic carbocycles. The summed E-state index contributed by atoms with van der Waals surface area (Å²) in [5, 5.41) is 2.58.